The third kappa shape index (κ3) is 3.44. The first-order chi connectivity index (χ1) is 4.84. The molecule has 0 aliphatic carbocycles. The minimum atomic E-state index is 0. The van der Waals surface area contributed by atoms with Gasteiger partial charge in [0.15, 0.2) is 0 Å². The van der Waals surface area contributed by atoms with Gasteiger partial charge < -0.3 is 5.32 Å². The summed E-state index contributed by atoms with van der Waals surface area (Å²) in [5.41, 5.74) is 0. The maximum absolute atomic E-state index is 3.57. The van der Waals surface area contributed by atoms with Crippen LogP contribution in [0.1, 0.15) is 39.5 Å². The largest absolute Gasteiger partial charge is 0.314 e. The fourth-order valence-electron chi connectivity index (χ4n) is 1.65. The van der Waals surface area contributed by atoms with Crippen LogP contribution in [0.2, 0.25) is 0 Å². The summed E-state index contributed by atoms with van der Waals surface area (Å²) in [5.74, 6) is 0.875. The van der Waals surface area contributed by atoms with Gasteiger partial charge in [0.1, 0.15) is 0 Å². The zero-order valence-electron chi connectivity index (χ0n) is 7.60. The molecule has 0 spiro atoms. The van der Waals surface area contributed by atoms with E-state index < -0.39 is 0 Å². The number of rotatable bonds is 2. The van der Waals surface area contributed by atoms with Crippen molar-refractivity contribution >= 4 is 12.4 Å². The number of nitrogens with one attached hydrogen (secondary N) is 1. The molecule has 1 N–H and O–H groups in total. The Balaban J connectivity index is 0.000001000. The quantitative estimate of drug-likeness (QED) is 0.684. The standard InChI is InChI=1S/C9H19N.ClH/c1-3-8(2)9-6-4-5-7-10-9;/h8-10H,3-7H2,1-2H3;1H/t8-,9+;/m0./s1. The summed E-state index contributed by atoms with van der Waals surface area (Å²) < 4.78 is 0. The van der Waals surface area contributed by atoms with Crippen LogP contribution in [0.25, 0.3) is 0 Å². The van der Waals surface area contributed by atoms with Crippen LogP contribution >= 0.6 is 12.4 Å². The summed E-state index contributed by atoms with van der Waals surface area (Å²) in [6, 6.07) is 0.818. The highest BCUT2D eigenvalue weighted by Gasteiger charge is 2.16. The van der Waals surface area contributed by atoms with Crippen molar-refractivity contribution in [3.63, 3.8) is 0 Å². The summed E-state index contributed by atoms with van der Waals surface area (Å²) in [6.07, 6.45) is 5.53. The summed E-state index contributed by atoms with van der Waals surface area (Å²) >= 11 is 0. The van der Waals surface area contributed by atoms with Crippen molar-refractivity contribution in [1.82, 2.24) is 5.32 Å². The van der Waals surface area contributed by atoms with E-state index in [2.05, 4.69) is 19.2 Å². The summed E-state index contributed by atoms with van der Waals surface area (Å²) in [6.45, 7) is 5.87. The molecular weight excluding hydrogens is 158 g/mol. The highest BCUT2D eigenvalue weighted by molar-refractivity contribution is 5.85. The predicted molar refractivity (Wildman–Crippen MR) is 52.3 cm³/mol. The molecule has 68 valence electrons. The molecule has 2 atom stereocenters. The maximum Gasteiger partial charge on any atom is 0.00925 e. The van der Waals surface area contributed by atoms with E-state index in [4.69, 9.17) is 0 Å². The van der Waals surface area contributed by atoms with Gasteiger partial charge in [-0.1, -0.05) is 26.7 Å². The number of piperidine rings is 1. The van der Waals surface area contributed by atoms with Crippen LogP contribution in [0.3, 0.4) is 0 Å². The molecule has 0 aromatic rings. The lowest BCUT2D eigenvalue weighted by Crippen LogP contribution is -2.38. The van der Waals surface area contributed by atoms with Gasteiger partial charge in [-0.2, -0.15) is 0 Å². The molecule has 0 aromatic heterocycles. The Bertz CT molecular complexity index is 89.6. The van der Waals surface area contributed by atoms with E-state index in [1.165, 1.54) is 32.2 Å². The number of halogens is 1. The van der Waals surface area contributed by atoms with Crippen molar-refractivity contribution in [1.29, 1.82) is 0 Å². The van der Waals surface area contributed by atoms with Crippen LogP contribution in [-0.4, -0.2) is 12.6 Å². The van der Waals surface area contributed by atoms with Gasteiger partial charge in [-0.3, -0.25) is 0 Å². The van der Waals surface area contributed by atoms with Crippen LogP contribution < -0.4 is 5.32 Å². The average Bonchev–Trinajstić information content (AvgIpc) is 2.05. The molecule has 1 fully saturated rings. The molecule has 0 unspecified atom stereocenters. The Morgan fingerprint density at radius 1 is 1.45 bits per heavy atom. The van der Waals surface area contributed by atoms with E-state index in [9.17, 15) is 0 Å². The van der Waals surface area contributed by atoms with Gasteiger partial charge >= 0.3 is 0 Å². The van der Waals surface area contributed by atoms with Gasteiger partial charge in [-0.15, -0.1) is 12.4 Å². The van der Waals surface area contributed by atoms with E-state index >= 15 is 0 Å². The lowest BCUT2D eigenvalue weighted by atomic mass is 9.92. The molecule has 1 nitrogen and oxygen atoms in total. The highest BCUT2D eigenvalue weighted by atomic mass is 35.5. The van der Waals surface area contributed by atoms with E-state index in [0.29, 0.717) is 0 Å². The fraction of sp³-hybridized carbons (Fsp3) is 1.00. The Hall–Kier alpha value is 0.250. The molecule has 0 amide bonds. The molecular formula is C9H20ClN. The van der Waals surface area contributed by atoms with E-state index in [1.807, 2.05) is 0 Å². The van der Waals surface area contributed by atoms with Crippen LogP contribution in [0.5, 0.6) is 0 Å². The minimum Gasteiger partial charge on any atom is -0.314 e. The van der Waals surface area contributed by atoms with Gasteiger partial charge in [0.05, 0.1) is 0 Å². The zero-order valence-corrected chi connectivity index (χ0v) is 8.41. The molecule has 1 aliphatic rings. The maximum atomic E-state index is 3.57. The Morgan fingerprint density at radius 2 is 2.18 bits per heavy atom. The first-order valence-corrected chi connectivity index (χ1v) is 4.58. The molecule has 0 radical (unpaired) electrons. The molecule has 0 aromatic carbocycles. The predicted octanol–water partition coefficient (Wildman–Crippen LogP) is 2.60. The first-order valence-electron chi connectivity index (χ1n) is 4.58. The molecule has 0 saturated carbocycles. The zero-order chi connectivity index (χ0) is 7.40. The topological polar surface area (TPSA) is 12.0 Å². The summed E-state index contributed by atoms with van der Waals surface area (Å²) in [4.78, 5) is 0. The third-order valence-corrected chi connectivity index (χ3v) is 2.68. The normalized spacial score (nSPS) is 27.3. The van der Waals surface area contributed by atoms with Crippen molar-refractivity contribution in [3.05, 3.63) is 0 Å². The van der Waals surface area contributed by atoms with Gasteiger partial charge in [-0.25, -0.2) is 0 Å². The molecule has 1 heterocycles. The average molecular weight is 178 g/mol. The smallest absolute Gasteiger partial charge is 0.00925 e. The lowest BCUT2D eigenvalue weighted by molar-refractivity contribution is 0.304. The van der Waals surface area contributed by atoms with E-state index in [0.717, 1.165) is 12.0 Å². The molecule has 1 saturated heterocycles. The van der Waals surface area contributed by atoms with E-state index in [-0.39, 0.29) is 12.4 Å². The van der Waals surface area contributed by atoms with Crippen LogP contribution in [0.4, 0.5) is 0 Å². The molecule has 1 rings (SSSR count). The van der Waals surface area contributed by atoms with Crippen molar-refractivity contribution in [2.24, 2.45) is 5.92 Å². The van der Waals surface area contributed by atoms with Crippen LogP contribution in [-0.2, 0) is 0 Å². The van der Waals surface area contributed by atoms with Gasteiger partial charge in [-0.05, 0) is 25.3 Å². The summed E-state index contributed by atoms with van der Waals surface area (Å²) in [7, 11) is 0. The SMILES string of the molecule is CC[C@H](C)[C@H]1CCCCN1.Cl. The fourth-order valence-corrected chi connectivity index (χ4v) is 1.65. The third-order valence-electron chi connectivity index (χ3n) is 2.68. The molecule has 11 heavy (non-hydrogen) atoms. The van der Waals surface area contributed by atoms with Gasteiger partial charge in [0, 0.05) is 6.04 Å². The van der Waals surface area contributed by atoms with Gasteiger partial charge in [0.2, 0.25) is 0 Å². The second kappa shape index (κ2) is 5.84. The van der Waals surface area contributed by atoms with Crippen molar-refractivity contribution in [3.8, 4) is 0 Å². The Kier molecular flexibility index (Phi) is 5.98. The number of hydrogen-bond donors (Lipinski definition) is 1. The van der Waals surface area contributed by atoms with Crippen LogP contribution in [0.15, 0.2) is 0 Å². The monoisotopic (exact) mass is 177 g/mol. The lowest BCUT2D eigenvalue weighted by Gasteiger charge is -2.28. The van der Waals surface area contributed by atoms with Crippen LogP contribution in [0, 0.1) is 5.92 Å². The molecule has 2 heteroatoms. The Morgan fingerprint density at radius 3 is 2.64 bits per heavy atom. The highest BCUT2D eigenvalue weighted by Crippen LogP contribution is 2.16. The minimum absolute atomic E-state index is 0. The van der Waals surface area contributed by atoms with Crippen molar-refractivity contribution in [2.45, 2.75) is 45.6 Å². The van der Waals surface area contributed by atoms with E-state index in [1.54, 1.807) is 0 Å². The van der Waals surface area contributed by atoms with Crippen molar-refractivity contribution < 1.29 is 0 Å². The van der Waals surface area contributed by atoms with Gasteiger partial charge in [0.25, 0.3) is 0 Å². The molecule has 0 bridgehead atoms. The summed E-state index contributed by atoms with van der Waals surface area (Å²) in [5, 5.41) is 3.57. The molecule has 1 aliphatic heterocycles. The van der Waals surface area contributed by atoms with Crippen molar-refractivity contribution in [2.75, 3.05) is 6.54 Å². The second-order valence-corrected chi connectivity index (χ2v) is 3.44. The number of hydrogen-bond acceptors (Lipinski definition) is 1. The first kappa shape index (κ1) is 11.2. The second-order valence-electron chi connectivity index (χ2n) is 3.44. The Labute approximate surface area is 76.4 Å².